The van der Waals surface area contributed by atoms with Crippen LogP contribution in [0.4, 0.5) is 16.2 Å². The molecule has 8 heteroatoms. The first-order valence-electron chi connectivity index (χ1n) is 10.9. The molecule has 2 heterocycles. The maximum Gasteiger partial charge on any atom is 0.329 e. The van der Waals surface area contributed by atoms with E-state index in [1.807, 2.05) is 48.5 Å². The molecule has 1 atom stereocenters. The summed E-state index contributed by atoms with van der Waals surface area (Å²) in [6, 6.07) is 14.2. The van der Waals surface area contributed by atoms with Gasteiger partial charge in [-0.15, -0.1) is 0 Å². The Balaban J connectivity index is 1.60. The number of para-hydroxylation sites is 2. The Kier molecular flexibility index (Phi) is 6.69. The van der Waals surface area contributed by atoms with Crippen LogP contribution in [0.15, 0.2) is 58.3 Å². The van der Waals surface area contributed by atoms with Crippen molar-refractivity contribution in [2.75, 3.05) is 24.6 Å². The van der Waals surface area contributed by atoms with Gasteiger partial charge in [0.15, 0.2) is 0 Å². The van der Waals surface area contributed by atoms with Crippen molar-refractivity contribution in [1.82, 2.24) is 10.2 Å². The fourth-order valence-electron chi connectivity index (χ4n) is 3.81. The van der Waals surface area contributed by atoms with Gasteiger partial charge in [0.1, 0.15) is 6.04 Å². The normalized spacial score (nSPS) is 17.5. The molecule has 1 N–H and O–H groups in total. The minimum atomic E-state index is -0.906. The van der Waals surface area contributed by atoms with E-state index in [0.29, 0.717) is 25.6 Å². The number of hydrogen-bond donors (Lipinski definition) is 1. The summed E-state index contributed by atoms with van der Waals surface area (Å²) in [5, 5.41) is 2.77. The molecule has 168 valence electrons. The number of anilines is 2. The molecule has 2 aromatic rings. The van der Waals surface area contributed by atoms with Gasteiger partial charge in [-0.25, -0.2) is 4.79 Å². The third-order valence-corrected chi connectivity index (χ3v) is 6.65. The van der Waals surface area contributed by atoms with E-state index in [1.54, 1.807) is 16.7 Å². The third-order valence-electron chi connectivity index (χ3n) is 5.52. The molecule has 0 spiro atoms. The second-order valence-electron chi connectivity index (χ2n) is 8.26. The Hall–Kier alpha value is -3.00. The molecule has 7 nitrogen and oxygen atoms in total. The molecule has 4 rings (SSSR count). The van der Waals surface area contributed by atoms with Gasteiger partial charge in [0.2, 0.25) is 5.91 Å². The number of carbonyl (C=O) groups is 3. The second-order valence-corrected chi connectivity index (χ2v) is 9.35. The quantitative estimate of drug-likeness (QED) is 0.687. The monoisotopic (exact) mass is 453 g/mol. The van der Waals surface area contributed by atoms with Crippen LogP contribution in [0, 0.1) is 5.92 Å². The van der Waals surface area contributed by atoms with E-state index < -0.39 is 12.0 Å². The lowest BCUT2D eigenvalue weighted by atomic mass is 10.1. The van der Waals surface area contributed by atoms with Crippen molar-refractivity contribution >= 4 is 41.0 Å². The number of urea groups is 1. The molecule has 0 aliphatic carbocycles. The van der Waals surface area contributed by atoms with Crippen LogP contribution in [-0.2, 0) is 14.3 Å². The number of benzene rings is 2. The summed E-state index contributed by atoms with van der Waals surface area (Å²) in [5.74, 6) is -0.394. The highest BCUT2D eigenvalue weighted by molar-refractivity contribution is 7.99. The van der Waals surface area contributed by atoms with Crippen LogP contribution in [0.5, 0.6) is 0 Å². The second kappa shape index (κ2) is 9.65. The summed E-state index contributed by atoms with van der Waals surface area (Å²) in [5.41, 5.74) is 1.54. The maximum atomic E-state index is 13.8. The van der Waals surface area contributed by atoms with Crippen LogP contribution >= 0.6 is 11.8 Å². The molecule has 1 fully saturated rings. The summed E-state index contributed by atoms with van der Waals surface area (Å²) in [6.45, 7) is 5.07. The van der Waals surface area contributed by atoms with Crippen LogP contribution in [0.3, 0.4) is 0 Å². The van der Waals surface area contributed by atoms with Gasteiger partial charge in [-0.1, -0.05) is 49.9 Å². The number of rotatable bonds is 5. The van der Waals surface area contributed by atoms with Crippen LogP contribution < -0.4 is 10.2 Å². The summed E-state index contributed by atoms with van der Waals surface area (Å²) >= 11 is 1.61. The molecule has 2 aromatic carbocycles. The smallest absolute Gasteiger partial charge is 0.329 e. The number of carbonyl (C=O) groups excluding carboxylic acids is 3. The van der Waals surface area contributed by atoms with Crippen molar-refractivity contribution in [3.8, 4) is 0 Å². The first kappa shape index (κ1) is 22.2. The molecule has 0 aromatic heterocycles. The van der Waals surface area contributed by atoms with E-state index in [2.05, 4.69) is 19.2 Å². The van der Waals surface area contributed by atoms with Gasteiger partial charge in [0.25, 0.3) is 0 Å². The average Bonchev–Trinajstić information content (AvgIpc) is 2.78. The highest BCUT2D eigenvalue weighted by Crippen LogP contribution is 2.48. The Bertz CT molecular complexity index is 980. The average molecular weight is 454 g/mol. The van der Waals surface area contributed by atoms with E-state index in [4.69, 9.17) is 4.74 Å². The summed E-state index contributed by atoms with van der Waals surface area (Å²) in [7, 11) is 0. The van der Waals surface area contributed by atoms with E-state index in [-0.39, 0.29) is 18.4 Å². The molecule has 1 saturated heterocycles. The Morgan fingerprint density at radius 3 is 2.34 bits per heavy atom. The van der Waals surface area contributed by atoms with Crippen LogP contribution in [0.25, 0.3) is 0 Å². The number of hydrogen-bond acceptors (Lipinski definition) is 5. The molecule has 2 aliphatic heterocycles. The molecule has 32 heavy (non-hydrogen) atoms. The Morgan fingerprint density at radius 2 is 1.72 bits per heavy atom. The molecule has 2 aliphatic rings. The van der Waals surface area contributed by atoms with Crippen LogP contribution in [-0.4, -0.2) is 48.5 Å². The van der Waals surface area contributed by atoms with Crippen molar-refractivity contribution in [1.29, 1.82) is 0 Å². The number of piperazine rings is 1. The Labute approximate surface area is 192 Å². The third kappa shape index (κ3) is 4.60. The molecule has 3 amide bonds. The van der Waals surface area contributed by atoms with Crippen molar-refractivity contribution < 1.29 is 19.1 Å². The van der Waals surface area contributed by atoms with Gasteiger partial charge in [0, 0.05) is 22.9 Å². The zero-order valence-corrected chi connectivity index (χ0v) is 19.1. The lowest BCUT2D eigenvalue weighted by Gasteiger charge is -2.40. The first-order valence-corrected chi connectivity index (χ1v) is 11.7. The number of fused-ring (bicyclic) bond motifs is 2. The Morgan fingerprint density at radius 1 is 1.09 bits per heavy atom. The van der Waals surface area contributed by atoms with Crippen LogP contribution in [0.2, 0.25) is 0 Å². The van der Waals surface area contributed by atoms with E-state index in [1.165, 1.54) is 4.90 Å². The number of nitrogens with one attached hydrogen (secondary N) is 1. The van der Waals surface area contributed by atoms with Gasteiger partial charge in [-0.2, -0.15) is 0 Å². The largest absolute Gasteiger partial charge is 0.466 e. The predicted octanol–water partition coefficient (Wildman–Crippen LogP) is 4.19. The van der Waals surface area contributed by atoms with Crippen molar-refractivity contribution in [3.05, 3.63) is 48.5 Å². The van der Waals surface area contributed by atoms with Gasteiger partial charge < -0.3 is 15.0 Å². The zero-order chi connectivity index (χ0) is 22.7. The molecule has 0 radical (unpaired) electrons. The molecular weight excluding hydrogens is 426 g/mol. The van der Waals surface area contributed by atoms with Crippen molar-refractivity contribution in [2.45, 2.75) is 42.5 Å². The fraction of sp³-hybridized carbons (Fsp3) is 0.375. The lowest BCUT2D eigenvalue weighted by Crippen LogP contribution is -2.60. The lowest BCUT2D eigenvalue weighted by molar-refractivity contribution is -0.147. The number of esters is 1. The molecule has 1 unspecified atom stereocenters. The van der Waals surface area contributed by atoms with E-state index in [0.717, 1.165) is 27.6 Å². The van der Waals surface area contributed by atoms with Crippen LogP contribution in [0.1, 0.15) is 26.7 Å². The zero-order valence-electron chi connectivity index (χ0n) is 18.2. The SMILES string of the molecule is CC(C)CCOC(=O)CC1C(=O)NCCN1C(=O)N1c2ccccc2Sc2ccccc21. The van der Waals surface area contributed by atoms with Gasteiger partial charge in [-0.05, 0) is 36.6 Å². The van der Waals surface area contributed by atoms with Crippen molar-refractivity contribution in [3.63, 3.8) is 0 Å². The first-order chi connectivity index (χ1) is 15.5. The molecular formula is C24H27N3O4S. The highest BCUT2D eigenvalue weighted by Gasteiger charge is 2.39. The predicted molar refractivity (Wildman–Crippen MR) is 123 cm³/mol. The standard InChI is InChI=1S/C24H27N3O4S/c1-16(2)11-14-31-22(28)15-19-23(29)25-12-13-26(19)24(30)27-17-7-3-5-9-20(17)32-21-10-6-4-8-18(21)27/h3-10,16,19H,11-15H2,1-2H3,(H,25,29). The van der Waals surface area contributed by atoms with Crippen molar-refractivity contribution in [2.24, 2.45) is 5.92 Å². The van der Waals surface area contributed by atoms with E-state index in [9.17, 15) is 14.4 Å². The topological polar surface area (TPSA) is 79.0 Å². The highest BCUT2D eigenvalue weighted by atomic mass is 32.2. The summed E-state index contributed by atoms with van der Waals surface area (Å²) < 4.78 is 5.32. The van der Waals surface area contributed by atoms with Gasteiger partial charge in [-0.3, -0.25) is 14.5 Å². The minimum Gasteiger partial charge on any atom is -0.466 e. The molecule has 0 bridgehead atoms. The number of ether oxygens (including phenoxy) is 1. The number of nitrogens with zero attached hydrogens (tertiary/aromatic N) is 2. The van der Waals surface area contributed by atoms with Gasteiger partial charge in [0.05, 0.1) is 24.4 Å². The van der Waals surface area contributed by atoms with Gasteiger partial charge >= 0.3 is 12.0 Å². The summed E-state index contributed by atoms with van der Waals surface area (Å²) in [6.07, 6.45) is 0.589. The van der Waals surface area contributed by atoms with E-state index >= 15 is 0 Å². The fourth-order valence-corrected chi connectivity index (χ4v) is 4.87. The molecule has 0 saturated carbocycles. The maximum absolute atomic E-state index is 13.8. The number of amides is 3. The minimum absolute atomic E-state index is 0.165. The summed E-state index contributed by atoms with van der Waals surface area (Å²) in [4.78, 5) is 44.0.